The molecule has 0 radical (unpaired) electrons. The fourth-order valence-corrected chi connectivity index (χ4v) is 3.41. The summed E-state index contributed by atoms with van der Waals surface area (Å²) in [5.74, 6) is 0.968. The predicted molar refractivity (Wildman–Crippen MR) is 105 cm³/mol. The molecule has 0 saturated carbocycles. The van der Waals surface area contributed by atoms with Gasteiger partial charge in [0, 0.05) is 43.9 Å². The van der Waals surface area contributed by atoms with E-state index in [0.717, 1.165) is 24.2 Å². The maximum absolute atomic E-state index is 13.5. The van der Waals surface area contributed by atoms with E-state index in [2.05, 4.69) is 18.7 Å². The molecular weight excluding hydrogens is 343 g/mol. The van der Waals surface area contributed by atoms with Crippen LogP contribution in [0.2, 0.25) is 0 Å². The van der Waals surface area contributed by atoms with Crippen molar-refractivity contribution in [3.05, 3.63) is 65.0 Å². The molecule has 0 spiro atoms. The van der Waals surface area contributed by atoms with E-state index in [1.807, 2.05) is 29.2 Å². The van der Waals surface area contributed by atoms with Crippen molar-refractivity contribution in [3.63, 3.8) is 0 Å². The highest BCUT2D eigenvalue weighted by Crippen LogP contribution is 2.22. The molecule has 1 heterocycles. The average Bonchev–Trinajstić information content (AvgIpc) is 2.68. The monoisotopic (exact) mass is 370 g/mol. The molecule has 5 heteroatoms. The molecule has 1 amide bonds. The Morgan fingerprint density at radius 1 is 1.07 bits per heavy atom. The molecule has 0 atom stereocenters. The minimum atomic E-state index is -0.260. The third kappa shape index (κ3) is 4.66. The number of carbonyl (C=O) groups is 1. The molecule has 1 aliphatic rings. The van der Waals surface area contributed by atoms with Crippen LogP contribution in [0.5, 0.6) is 5.75 Å². The van der Waals surface area contributed by atoms with E-state index in [-0.39, 0.29) is 11.7 Å². The Kier molecular flexibility index (Phi) is 6.11. The lowest BCUT2D eigenvalue weighted by atomic mass is 10.0. The van der Waals surface area contributed by atoms with Crippen LogP contribution in [0.25, 0.3) is 0 Å². The van der Waals surface area contributed by atoms with Gasteiger partial charge in [-0.1, -0.05) is 26.0 Å². The number of halogens is 1. The standard InChI is InChI=1S/C22H27FN2O2/c1-16(2)17-4-6-18(7-5-17)22(26)25-12-10-24(11-13-25)15-19-14-20(23)8-9-21(19)27-3/h4-9,14,16H,10-13,15H2,1-3H3. The van der Waals surface area contributed by atoms with Crippen molar-refractivity contribution in [2.75, 3.05) is 33.3 Å². The molecular formula is C22H27FN2O2. The highest BCUT2D eigenvalue weighted by molar-refractivity contribution is 5.94. The summed E-state index contributed by atoms with van der Waals surface area (Å²) in [4.78, 5) is 16.8. The van der Waals surface area contributed by atoms with Crippen molar-refractivity contribution >= 4 is 5.91 Å². The molecule has 2 aromatic rings. The molecule has 0 aromatic heterocycles. The number of rotatable bonds is 5. The van der Waals surface area contributed by atoms with Gasteiger partial charge in [-0.2, -0.15) is 0 Å². The van der Waals surface area contributed by atoms with Crippen molar-refractivity contribution in [1.29, 1.82) is 0 Å². The van der Waals surface area contributed by atoms with E-state index in [0.29, 0.717) is 31.3 Å². The summed E-state index contributed by atoms with van der Waals surface area (Å²) in [7, 11) is 1.60. The number of methoxy groups -OCH3 is 1. The number of hydrogen-bond acceptors (Lipinski definition) is 3. The fraction of sp³-hybridized carbons (Fsp3) is 0.409. The quantitative estimate of drug-likeness (QED) is 0.800. The van der Waals surface area contributed by atoms with E-state index in [9.17, 15) is 9.18 Å². The van der Waals surface area contributed by atoms with Crippen molar-refractivity contribution in [2.24, 2.45) is 0 Å². The number of piperazine rings is 1. The van der Waals surface area contributed by atoms with E-state index in [1.165, 1.54) is 17.7 Å². The van der Waals surface area contributed by atoms with Crippen LogP contribution < -0.4 is 4.74 Å². The first-order chi connectivity index (χ1) is 13.0. The summed E-state index contributed by atoms with van der Waals surface area (Å²) in [5, 5.41) is 0. The fourth-order valence-electron chi connectivity index (χ4n) is 3.41. The third-order valence-electron chi connectivity index (χ3n) is 5.12. The largest absolute Gasteiger partial charge is 0.496 e. The van der Waals surface area contributed by atoms with Crippen LogP contribution in [-0.2, 0) is 6.54 Å². The second kappa shape index (κ2) is 8.53. The summed E-state index contributed by atoms with van der Waals surface area (Å²) < 4.78 is 18.9. The van der Waals surface area contributed by atoms with E-state index in [4.69, 9.17) is 4.74 Å². The lowest BCUT2D eigenvalue weighted by molar-refractivity contribution is 0.0627. The molecule has 3 rings (SSSR count). The van der Waals surface area contributed by atoms with Gasteiger partial charge in [-0.05, 0) is 41.8 Å². The van der Waals surface area contributed by atoms with Crippen LogP contribution in [0.3, 0.4) is 0 Å². The maximum Gasteiger partial charge on any atom is 0.253 e. The van der Waals surface area contributed by atoms with Crippen LogP contribution in [0.4, 0.5) is 4.39 Å². The van der Waals surface area contributed by atoms with Gasteiger partial charge in [-0.25, -0.2) is 4.39 Å². The molecule has 0 aliphatic carbocycles. The molecule has 27 heavy (non-hydrogen) atoms. The van der Waals surface area contributed by atoms with Gasteiger partial charge in [0.1, 0.15) is 11.6 Å². The Hall–Kier alpha value is -2.40. The van der Waals surface area contributed by atoms with Crippen LogP contribution in [0.15, 0.2) is 42.5 Å². The van der Waals surface area contributed by atoms with Gasteiger partial charge in [0.15, 0.2) is 0 Å². The van der Waals surface area contributed by atoms with Gasteiger partial charge in [0.2, 0.25) is 0 Å². The lowest BCUT2D eigenvalue weighted by Gasteiger charge is -2.35. The first-order valence-electron chi connectivity index (χ1n) is 9.42. The zero-order chi connectivity index (χ0) is 19.4. The SMILES string of the molecule is COc1ccc(F)cc1CN1CCN(C(=O)c2ccc(C(C)C)cc2)CC1. The summed E-state index contributed by atoms with van der Waals surface area (Å²) >= 11 is 0. The van der Waals surface area contributed by atoms with Crippen LogP contribution in [-0.4, -0.2) is 49.0 Å². The molecule has 2 aromatic carbocycles. The Bertz CT molecular complexity index is 781. The van der Waals surface area contributed by atoms with Crippen LogP contribution >= 0.6 is 0 Å². The maximum atomic E-state index is 13.5. The van der Waals surface area contributed by atoms with Gasteiger partial charge in [0.05, 0.1) is 7.11 Å². The van der Waals surface area contributed by atoms with Crippen molar-refractivity contribution < 1.29 is 13.9 Å². The summed E-state index contributed by atoms with van der Waals surface area (Å²) in [6, 6.07) is 12.5. The first kappa shape index (κ1) is 19.4. The van der Waals surface area contributed by atoms with Gasteiger partial charge < -0.3 is 9.64 Å². The van der Waals surface area contributed by atoms with Crippen molar-refractivity contribution in [1.82, 2.24) is 9.80 Å². The summed E-state index contributed by atoms with van der Waals surface area (Å²) in [6.45, 7) is 7.76. The first-order valence-corrected chi connectivity index (χ1v) is 9.42. The lowest BCUT2D eigenvalue weighted by Crippen LogP contribution is -2.48. The number of amides is 1. The smallest absolute Gasteiger partial charge is 0.253 e. The Morgan fingerprint density at radius 2 is 1.74 bits per heavy atom. The minimum Gasteiger partial charge on any atom is -0.496 e. The topological polar surface area (TPSA) is 32.8 Å². The van der Waals surface area contributed by atoms with Crippen molar-refractivity contribution in [2.45, 2.75) is 26.3 Å². The molecule has 1 fully saturated rings. The summed E-state index contributed by atoms with van der Waals surface area (Å²) in [6.07, 6.45) is 0. The van der Waals surface area contributed by atoms with Gasteiger partial charge in [-0.15, -0.1) is 0 Å². The second-order valence-corrected chi connectivity index (χ2v) is 7.30. The number of ether oxygens (including phenoxy) is 1. The van der Waals surface area contributed by atoms with Crippen LogP contribution in [0.1, 0.15) is 41.3 Å². The van der Waals surface area contributed by atoms with E-state index < -0.39 is 0 Å². The normalized spacial score (nSPS) is 15.2. The second-order valence-electron chi connectivity index (χ2n) is 7.30. The van der Waals surface area contributed by atoms with Crippen molar-refractivity contribution in [3.8, 4) is 5.75 Å². The zero-order valence-corrected chi connectivity index (χ0v) is 16.2. The van der Waals surface area contributed by atoms with Gasteiger partial charge in [0.25, 0.3) is 5.91 Å². The average molecular weight is 370 g/mol. The Morgan fingerprint density at radius 3 is 2.33 bits per heavy atom. The molecule has 144 valence electrons. The Balaban J connectivity index is 1.58. The highest BCUT2D eigenvalue weighted by atomic mass is 19.1. The van der Waals surface area contributed by atoms with Gasteiger partial charge >= 0.3 is 0 Å². The highest BCUT2D eigenvalue weighted by Gasteiger charge is 2.23. The number of carbonyl (C=O) groups excluding carboxylic acids is 1. The Labute approximate surface area is 160 Å². The number of nitrogens with zero attached hydrogens (tertiary/aromatic N) is 2. The number of hydrogen-bond donors (Lipinski definition) is 0. The molecule has 0 bridgehead atoms. The molecule has 0 N–H and O–H groups in total. The molecule has 1 saturated heterocycles. The number of benzene rings is 2. The third-order valence-corrected chi connectivity index (χ3v) is 5.12. The minimum absolute atomic E-state index is 0.0771. The van der Waals surface area contributed by atoms with Crippen LogP contribution in [0, 0.1) is 5.82 Å². The zero-order valence-electron chi connectivity index (χ0n) is 16.2. The molecule has 0 unspecified atom stereocenters. The molecule has 1 aliphatic heterocycles. The van der Waals surface area contributed by atoms with Gasteiger partial charge in [-0.3, -0.25) is 9.69 Å². The molecule has 4 nitrogen and oxygen atoms in total. The van der Waals surface area contributed by atoms with E-state index >= 15 is 0 Å². The summed E-state index contributed by atoms with van der Waals surface area (Å²) in [5.41, 5.74) is 2.81. The predicted octanol–water partition coefficient (Wildman–Crippen LogP) is 3.92. The van der Waals surface area contributed by atoms with E-state index in [1.54, 1.807) is 13.2 Å².